The molecule has 4 rings (SSSR count). The predicted octanol–water partition coefficient (Wildman–Crippen LogP) is 6.55. The minimum Gasteiger partial charge on any atom is -0.366 e. The lowest BCUT2D eigenvalue weighted by Crippen LogP contribution is -2.34. The van der Waals surface area contributed by atoms with Crippen molar-refractivity contribution in [2.24, 2.45) is 5.92 Å². The Bertz CT molecular complexity index is 1040. The zero-order chi connectivity index (χ0) is 25.1. The molecule has 0 aromatic heterocycles. The summed E-state index contributed by atoms with van der Waals surface area (Å²) in [5.41, 5.74) is 3.26. The van der Waals surface area contributed by atoms with Gasteiger partial charge in [-0.05, 0) is 68.8 Å². The van der Waals surface area contributed by atoms with E-state index < -0.39 is 5.60 Å². The molecule has 0 spiro atoms. The molecule has 0 bridgehead atoms. The highest BCUT2D eigenvalue weighted by Gasteiger charge is 2.20. The molecule has 1 fully saturated rings. The van der Waals surface area contributed by atoms with Crippen LogP contribution in [-0.2, 0) is 15.9 Å². The first kappa shape index (κ1) is 26.2. The maximum Gasteiger partial charge on any atom is 0.123 e. The van der Waals surface area contributed by atoms with Crippen molar-refractivity contribution in [2.75, 3.05) is 32.8 Å². The fraction of sp³-hybridized carbons (Fsp3) is 0.394. The van der Waals surface area contributed by atoms with Crippen LogP contribution in [0.5, 0.6) is 0 Å². The lowest BCUT2D eigenvalue weighted by Gasteiger charge is -2.30. The highest BCUT2D eigenvalue weighted by molar-refractivity contribution is 5.29. The van der Waals surface area contributed by atoms with Crippen LogP contribution in [0.25, 0.3) is 0 Å². The third-order valence-corrected chi connectivity index (χ3v) is 6.80. The Morgan fingerprint density at radius 2 is 1.36 bits per heavy atom. The summed E-state index contributed by atoms with van der Waals surface area (Å²) >= 11 is 0. The van der Waals surface area contributed by atoms with Gasteiger partial charge in [0, 0.05) is 0 Å². The molecule has 0 unspecified atom stereocenters. The van der Waals surface area contributed by atoms with Gasteiger partial charge in [0.2, 0.25) is 0 Å². The molecule has 3 aromatic rings. The van der Waals surface area contributed by atoms with Crippen LogP contribution in [0.3, 0.4) is 0 Å². The van der Waals surface area contributed by atoms with Crippen molar-refractivity contribution in [1.82, 2.24) is 4.90 Å². The molecule has 3 nitrogen and oxygen atoms in total. The molecular formula is C33H39NO2. The van der Waals surface area contributed by atoms with Crippen LogP contribution in [0.4, 0.5) is 0 Å². The SMILES string of the molecule is CC(C)(C#CCN1CCC(Cc2ccccc2)CC1)OCCOC(c1ccccc1)c1ccccc1. The van der Waals surface area contributed by atoms with Crippen molar-refractivity contribution in [2.45, 2.75) is 44.8 Å². The van der Waals surface area contributed by atoms with Crippen molar-refractivity contribution in [3.8, 4) is 11.8 Å². The van der Waals surface area contributed by atoms with Crippen LogP contribution in [-0.4, -0.2) is 43.3 Å². The molecule has 0 amide bonds. The van der Waals surface area contributed by atoms with Gasteiger partial charge in [-0.15, -0.1) is 0 Å². The molecule has 3 heteroatoms. The third-order valence-electron chi connectivity index (χ3n) is 6.80. The average molecular weight is 482 g/mol. The van der Waals surface area contributed by atoms with Gasteiger partial charge in [-0.3, -0.25) is 4.90 Å². The average Bonchev–Trinajstić information content (AvgIpc) is 2.91. The Morgan fingerprint density at radius 3 is 1.94 bits per heavy atom. The summed E-state index contributed by atoms with van der Waals surface area (Å²) in [4.78, 5) is 2.47. The minimum atomic E-state index is -0.496. The molecule has 1 aliphatic heterocycles. The van der Waals surface area contributed by atoms with Gasteiger partial charge in [-0.2, -0.15) is 0 Å². The van der Waals surface area contributed by atoms with E-state index in [0.717, 1.165) is 36.7 Å². The van der Waals surface area contributed by atoms with Gasteiger partial charge in [-0.25, -0.2) is 0 Å². The Balaban J connectivity index is 1.19. The van der Waals surface area contributed by atoms with Gasteiger partial charge in [0.25, 0.3) is 0 Å². The van der Waals surface area contributed by atoms with E-state index in [2.05, 4.69) is 95.6 Å². The van der Waals surface area contributed by atoms with E-state index in [9.17, 15) is 0 Å². The topological polar surface area (TPSA) is 21.7 Å². The summed E-state index contributed by atoms with van der Waals surface area (Å²) in [7, 11) is 0. The second kappa shape index (κ2) is 13.4. The number of ether oxygens (including phenoxy) is 2. The number of hydrogen-bond acceptors (Lipinski definition) is 3. The summed E-state index contributed by atoms with van der Waals surface area (Å²) < 4.78 is 12.4. The van der Waals surface area contributed by atoms with Gasteiger partial charge in [-0.1, -0.05) is 103 Å². The molecular weight excluding hydrogens is 442 g/mol. The van der Waals surface area contributed by atoms with E-state index in [4.69, 9.17) is 9.47 Å². The van der Waals surface area contributed by atoms with E-state index in [1.54, 1.807) is 0 Å². The standard InChI is InChI=1S/C33H39NO2/c1-33(2,21-12-22-34-23-19-29(20-24-34)27-28-13-6-3-7-14-28)36-26-25-35-32(30-15-8-4-9-16-30)31-17-10-5-11-18-31/h3-11,13-18,29,32H,19-20,22-27H2,1-2H3. The highest BCUT2D eigenvalue weighted by Crippen LogP contribution is 2.26. The summed E-state index contributed by atoms with van der Waals surface area (Å²) in [5, 5.41) is 0. The number of hydrogen-bond donors (Lipinski definition) is 0. The van der Waals surface area contributed by atoms with Crippen LogP contribution >= 0.6 is 0 Å². The second-order valence-electron chi connectivity index (χ2n) is 10.1. The first-order valence-electron chi connectivity index (χ1n) is 13.2. The van der Waals surface area contributed by atoms with E-state index in [-0.39, 0.29) is 6.10 Å². The number of piperidine rings is 1. The monoisotopic (exact) mass is 481 g/mol. The van der Waals surface area contributed by atoms with E-state index in [0.29, 0.717) is 13.2 Å². The van der Waals surface area contributed by atoms with Crippen molar-refractivity contribution < 1.29 is 9.47 Å². The Hall–Kier alpha value is -2.90. The number of benzene rings is 3. The van der Waals surface area contributed by atoms with Gasteiger partial charge in [0.1, 0.15) is 11.7 Å². The highest BCUT2D eigenvalue weighted by atomic mass is 16.5. The van der Waals surface area contributed by atoms with Crippen molar-refractivity contribution >= 4 is 0 Å². The van der Waals surface area contributed by atoms with Crippen LogP contribution in [0, 0.1) is 17.8 Å². The molecule has 0 atom stereocenters. The second-order valence-corrected chi connectivity index (χ2v) is 10.1. The first-order valence-corrected chi connectivity index (χ1v) is 13.2. The smallest absolute Gasteiger partial charge is 0.123 e. The van der Waals surface area contributed by atoms with Crippen LogP contribution in [0.15, 0.2) is 91.0 Å². The van der Waals surface area contributed by atoms with Crippen LogP contribution in [0.2, 0.25) is 0 Å². The lowest BCUT2D eigenvalue weighted by atomic mass is 9.90. The molecule has 1 aliphatic rings. The molecule has 0 radical (unpaired) electrons. The normalized spacial score (nSPS) is 15.0. The first-order chi connectivity index (χ1) is 17.6. The number of nitrogens with zero attached hydrogens (tertiary/aromatic N) is 1. The molecule has 0 N–H and O–H groups in total. The zero-order valence-corrected chi connectivity index (χ0v) is 21.7. The Labute approximate surface area is 217 Å². The third kappa shape index (κ3) is 8.35. The summed E-state index contributed by atoms with van der Waals surface area (Å²) in [6.07, 6.45) is 3.59. The maximum absolute atomic E-state index is 6.28. The van der Waals surface area contributed by atoms with Gasteiger partial charge in [0.05, 0.1) is 19.8 Å². The maximum atomic E-state index is 6.28. The number of rotatable bonds is 10. The Kier molecular flexibility index (Phi) is 9.76. The summed E-state index contributed by atoms with van der Waals surface area (Å²) in [6.45, 7) is 8.15. The van der Waals surface area contributed by atoms with Gasteiger partial charge < -0.3 is 9.47 Å². The predicted molar refractivity (Wildman–Crippen MR) is 148 cm³/mol. The van der Waals surface area contributed by atoms with E-state index in [1.165, 1.54) is 24.8 Å². The van der Waals surface area contributed by atoms with E-state index in [1.807, 2.05) is 26.0 Å². The number of likely N-dealkylation sites (tertiary alicyclic amines) is 1. The fourth-order valence-electron chi connectivity index (χ4n) is 4.80. The van der Waals surface area contributed by atoms with Crippen LogP contribution in [0.1, 0.15) is 49.5 Å². The molecule has 188 valence electrons. The van der Waals surface area contributed by atoms with Crippen LogP contribution < -0.4 is 0 Å². The fourth-order valence-corrected chi connectivity index (χ4v) is 4.80. The lowest BCUT2D eigenvalue weighted by molar-refractivity contribution is -0.0274. The molecule has 0 saturated carbocycles. The van der Waals surface area contributed by atoms with Crippen molar-refractivity contribution in [1.29, 1.82) is 0 Å². The van der Waals surface area contributed by atoms with E-state index >= 15 is 0 Å². The summed E-state index contributed by atoms with van der Waals surface area (Å²) in [5.74, 6) is 7.50. The molecule has 1 heterocycles. The molecule has 1 saturated heterocycles. The molecule has 0 aliphatic carbocycles. The van der Waals surface area contributed by atoms with Crippen molar-refractivity contribution in [3.05, 3.63) is 108 Å². The largest absolute Gasteiger partial charge is 0.366 e. The zero-order valence-electron chi connectivity index (χ0n) is 21.7. The quantitative estimate of drug-likeness (QED) is 0.242. The minimum absolute atomic E-state index is 0.102. The molecule has 3 aromatic carbocycles. The van der Waals surface area contributed by atoms with Gasteiger partial charge in [0.15, 0.2) is 0 Å². The summed E-state index contributed by atoms with van der Waals surface area (Å²) in [6, 6.07) is 31.6. The Morgan fingerprint density at radius 1 is 0.806 bits per heavy atom. The van der Waals surface area contributed by atoms with Gasteiger partial charge >= 0.3 is 0 Å². The molecule has 36 heavy (non-hydrogen) atoms. The van der Waals surface area contributed by atoms with Crippen molar-refractivity contribution in [3.63, 3.8) is 0 Å².